The summed E-state index contributed by atoms with van der Waals surface area (Å²) in [6.45, 7) is 12.6. The van der Waals surface area contributed by atoms with Crippen molar-refractivity contribution in [2.75, 3.05) is 36.4 Å². The number of hydrogen-bond acceptors (Lipinski definition) is 6. The van der Waals surface area contributed by atoms with E-state index in [1.165, 1.54) is 12.1 Å². The predicted octanol–water partition coefficient (Wildman–Crippen LogP) is 5.11. The fraction of sp³-hybridized carbons (Fsp3) is 0.500. The number of ether oxygens (including phenoxy) is 1. The molecule has 0 saturated carbocycles. The van der Waals surface area contributed by atoms with Crippen LogP contribution in [0.1, 0.15) is 20.8 Å². The number of urea groups is 1. The van der Waals surface area contributed by atoms with Crippen molar-refractivity contribution in [2.24, 2.45) is 0 Å². The first kappa shape index (κ1) is 25.6. The second-order valence-corrected chi connectivity index (χ2v) is 14.3. The van der Waals surface area contributed by atoms with E-state index in [4.69, 9.17) is 4.43 Å². The van der Waals surface area contributed by atoms with E-state index in [-0.39, 0.29) is 16.8 Å². The van der Waals surface area contributed by atoms with E-state index >= 15 is 0 Å². The highest BCUT2D eigenvalue weighted by atomic mass is 28.4. The lowest BCUT2D eigenvalue weighted by molar-refractivity contribution is -0.274. The standard InChI is InChI=1S/C22H30F3N5O3Si/c1-21(2,3)34(4,5)33-17-6-8-18(26-15-17)28-20(31)30-12-10-29(11-13-30)19-9-7-16(14-27-19)32-22(23,24)25/h6-9,14-15H,10-13H2,1-5H3,(H,26,28,31). The minimum absolute atomic E-state index is 0.0659. The first-order valence-electron chi connectivity index (χ1n) is 10.9. The maximum absolute atomic E-state index is 12.6. The molecule has 0 bridgehead atoms. The van der Waals surface area contributed by atoms with Crippen molar-refractivity contribution < 1.29 is 27.1 Å². The fourth-order valence-electron chi connectivity index (χ4n) is 3.04. The molecule has 3 heterocycles. The number of anilines is 2. The Labute approximate surface area is 198 Å². The maximum atomic E-state index is 12.6. The van der Waals surface area contributed by atoms with Gasteiger partial charge in [0.05, 0.1) is 12.4 Å². The first-order valence-corrected chi connectivity index (χ1v) is 13.8. The van der Waals surface area contributed by atoms with Crippen LogP contribution in [-0.2, 0) is 0 Å². The molecule has 2 amide bonds. The number of halogens is 3. The van der Waals surface area contributed by atoms with Crippen molar-refractivity contribution in [2.45, 2.75) is 45.3 Å². The summed E-state index contributed by atoms with van der Waals surface area (Å²) < 4.78 is 46.9. The SMILES string of the molecule is CC(C)(C)[Si](C)(C)Oc1ccc(NC(=O)N2CCN(c3ccc(OC(F)(F)F)cn3)CC2)nc1. The molecule has 1 aliphatic heterocycles. The minimum Gasteiger partial charge on any atom is -0.542 e. The zero-order valence-electron chi connectivity index (χ0n) is 19.9. The Morgan fingerprint density at radius 3 is 2.09 bits per heavy atom. The van der Waals surface area contributed by atoms with Crippen molar-refractivity contribution >= 4 is 26.0 Å². The monoisotopic (exact) mass is 497 g/mol. The highest BCUT2D eigenvalue weighted by Crippen LogP contribution is 2.37. The highest BCUT2D eigenvalue weighted by Gasteiger charge is 2.39. The number of hydrogen-bond donors (Lipinski definition) is 1. The number of aromatic nitrogens is 2. The Kier molecular flexibility index (Phi) is 7.29. The summed E-state index contributed by atoms with van der Waals surface area (Å²) in [7, 11) is -1.97. The molecule has 0 atom stereocenters. The molecule has 1 aliphatic rings. The van der Waals surface area contributed by atoms with Crippen LogP contribution >= 0.6 is 0 Å². The van der Waals surface area contributed by atoms with Gasteiger partial charge < -0.3 is 19.0 Å². The minimum atomic E-state index is -4.75. The van der Waals surface area contributed by atoms with E-state index in [0.717, 1.165) is 6.20 Å². The lowest BCUT2D eigenvalue weighted by atomic mass is 10.2. The first-order chi connectivity index (χ1) is 15.7. The van der Waals surface area contributed by atoms with Gasteiger partial charge in [-0.15, -0.1) is 13.2 Å². The van der Waals surface area contributed by atoms with E-state index < -0.39 is 14.7 Å². The number of nitrogens with one attached hydrogen (secondary N) is 1. The molecule has 2 aromatic rings. The van der Waals surface area contributed by atoms with Crippen LogP contribution < -0.4 is 19.4 Å². The molecule has 34 heavy (non-hydrogen) atoms. The molecule has 1 fully saturated rings. The third-order valence-electron chi connectivity index (χ3n) is 6.00. The summed E-state index contributed by atoms with van der Waals surface area (Å²) in [4.78, 5) is 24.5. The van der Waals surface area contributed by atoms with Gasteiger partial charge in [-0.3, -0.25) is 5.32 Å². The van der Waals surface area contributed by atoms with E-state index in [1.807, 2.05) is 4.90 Å². The van der Waals surface area contributed by atoms with Crippen LogP contribution in [-0.4, -0.2) is 61.8 Å². The average Bonchev–Trinajstić information content (AvgIpc) is 2.74. The molecule has 186 valence electrons. The largest absolute Gasteiger partial charge is 0.573 e. The maximum Gasteiger partial charge on any atom is 0.573 e. The number of alkyl halides is 3. The zero-order valence-corrected chi connectivity index (χ0v) is 20.9. The normalized spacial score (nSPS) is 15.2. The van der Waals surface area contributed by atoms with Crippen LogP contribution in [0, 0.1) is 0 Å². The van der Waals surface area contributed by atoms with Gasteiger partial charge in [0, 0.05) is 26.2 Å². The number of nitrogens with zero attached hydrogens (tertiary/aromatic N) is 4. The van der Waals surface area contributed by atoms with Gasteiger partial charge in [0.2, 0.25) is 0 Å². The lowest BCUT2D eigenvalue weighted by Crippen LogP contribution is -2.50. The molecule has 0 radical (unpaired) electrons. The van der Waals surface area contributed by atoms with Crippen molar-refractivity contribution in [3.63, 3.8) is 0 Å². The molecule has 0 spiro atoms. The Hall–Kier alpha value is -3.02. The third kappa shape index (κ3) is 6.75. The van der Waals surface area contributed by atoms with E-state index in [0.29, 0.717) is 43.6 Å². The topological polar surface area (TPSA) is 79.8 Å². The fourth-order valence-corrected chi connectivity index (χ4v) is 4.06. The van der Waals surface area contributed by atoms with Gasteiger partial charge >= 0.3 is 12.4 Å². The summed E-state index contributed by atoms with van der Waals surface area (Å²) in [5, 5.41) is 2.86. The van der Waals surface area contributed by atoms with Gasteiger partial charge in [0.25, 0.3) is 8.32 Å². The van der Waals surface area contributed by atoms with Crippen LogP contribution in [0.2, 0.25) is 18.1 Å². The molecular formula is C22H30F3N5O3Si. The van der Waals surface area contributed by atoms with E-state index in [2.05, 4.69) is 53.9 Å². The highest BCUT2D eigenvalue weighted by molar-refractivity contribution is 6.74. The van der Waals surface area contributed by atoms with Crippen molar-refractivity contribution in [1.29, 1.82) is 0 Å². The quantitative estimate of drug-likeness (QED) is 0.578. The van der Waals surface area contributed by atoms with Crippen LogP contribution in [0.5, 0.6) is 11.5 Å². The molecule has 1 N–H and O–H groups in total. The third-order valence-corrected chi connectivity index (χ3v) is 10.4. The van der Waals surface area contributed by atoms with Crippen LogP contribution in [0.25, 0.3) is 0 Å². The van der Waals surface area contributed by atoms with Gasteiger partial charge in [-0.25, -0.2) is 14.8 Å². The molecule has 3 rings (SSSR count). The second-order valence-electron chi connectivity index (χ2n) is 9.55. The molecule has 8 nitrogen and oxygen atoms in total. The summed E-state index contributed by atoms with van der Waals surface area (Å²) in [5.74, 6) is 1.25. The predicted molar refractivity (Wildman–Crippen MR) is 126 cm³/mol. The molecule has 2 aromatic heterocycles. The molecule has 1 saturated heterocycles. The zero-order chi connectivity index (χ0) is 25.1. The number of carbonyl (C=O) groups is 1. The van der Waals surface area contributed by atoms with Crippen LogP contribution in [0.3, 0.4) is 0 Å². The molecule has 12 heteroatoms. The van der Waals surface area contributed by atoms with E-state index in [1.54, 1.807) is 23.2 Å². The number of rotatable bonds is 5. The van der Waals surface area contributed by atoms with Gasteiger partial charge in [-0.1, -0.05) is 20.8 Å². The Morgan fingerprint density at radius 2 is 1.59 bits per heavy atom. The summed E-state index contributed by atoms with van der Waals surface area (Å²) in [6.07, 6.45) is -2.10. The lowest BCUT2D eigenvalue weighted by Gasteiger charge is -2.36. The Morgan fingerprint density at radius 1 is 0.971 bits per heavy atom. The Bertz CT molecular complexity index is 971. The number of carbonyl (C=O) groups excluding carboxylic acids is 1. The van der Waals surface area contributed by atoms with Gasteiger partial charge in [0.15, 0.2) is 0 Å². The van der Waals surface area contributed by atoms with Gasteiger partial charge in [0.1, 0.15) is 23.1 Å². The van der Waals surface area contributed by atoms with Crippen molar-refractivity contribution in [1.82, 2.24) is 14.9 Å². The second kappa shape index (κ2) is 9.69. The van der Waals surface area contributed by atoms with E-state index in [9.17, 15) is 18.0 Å². The summed E-state index contributed by atoms with van der Waals surface area (Å²) in [5.41, 5.74) is 0. The summed E-state index contributed by atoms with van der Waals surface area (Å²) >= 11 is 0. The van der Waals surface area contributed by atoms with Gasteiger partial charge in [-0.2, -0.15) is 0 Å². The smallest absolute Gasteiger partial charge is 0.542 e. The van der Waals surface area contributed by atoms with Crippen LogP contribution in [0.4, 0.5) is 29.6 Å². The average molecular weight is 498 g/mol. The van der Waals surface area contributed by atoms with Crippen molar-refractivity contribution in [3.05, 3.63) is 36.7 Å². The molecular weight excluding hydrogens is 467 g/mol. The molecule has 0 unspecified atom stereocenters. The number of amides is 2. The molecule has 0 aliphatic carbocycles. The number of piperazine rings is 1. The van der Waals surface area contributed by atoms with Crippen molar-refractivity contribution in [3.8, 4) is 11.5 Å². The summed E-state index contributed by atoms with van der Waals surface area (Å²) in [6, 6.07) is 5.93. The Balaban J connectivity index is 1.50. The molecule has 0 aromatic carbocycles. The number of pyridine rings is 2. The van der Waals surface area contributed by atoms with Crippen LogP contribution in [0.15, 0.2) is 36.7 Å². The van der Waals surface area contributed by atoms with Gasteiger partial charge in [-0.05, 0) is 42.4 Å².